The van der Waals surface area contributed by atoms with Gasteiger partial charge in [-0.1, -0.05) is 17.7 Å². The summed E-state index contributed by atoms with van der Waals surface area (Å²) in [6.45, 7) is 6.06. The van der Waals surface area contributed by atoms with Crippen LogP contribution in [0.2, 0.25) is 0 Å². The minimum atomic E-state index is -4.15. The molecule has 1 aliphatic heterocycles. The molecule has 2 heterocycles. The van der Waals surface area contributed by atoms with Gasteiger partial charge >= 0.3 is 5.97 Å². The number of benzene rings is 1. The normalized spacial score (nSPS) is 16.4. The molecule has 3 rings (SSSR count). The Balaban J connectivity index is 1.52. The molecular weight excluding hydrogens is 505 g/mol. The van der Waals surface area contributed by atoms with Gasteiger partial charge < -0.3 is 21.1 Å². The predicted octanol–water partition coefficient (Wildman–Crippen LogP) is 0.247. The van der Waals surface area contributed by atoms with Gasteiger partial charge in [-0.2, -0.15) is 9.82 Å². The molecule has 1 aromatic heterocycles. The highest BCUT2D eigenvalue weighted by atomic mass is 32.2. The predicted molar refractivity (Wildman–Crippen MR) is 135 cm³/mol. The summed E-state index contributed by atoms with van der Waals surface area (Å²) in [7, 11) is -4.15. The van der Waals surface area contributed by atoms with Crippen LogP contribution in [0.3, 0.4) is 0 Å². The Labute approximate surface area is 214 Å². The number of aliphatic carboxylic acids is 1. The molecule has 1 unspecified atom stereocenters. The number of aliphatic imine (C=N–C) groups is 1. The monoisotopic (exact) mass is 537 g/mol. The van der Waals surface area contributed by atoms with Gasteiger partial charge in [-0.15, -0.1) is 0 Å². The number of amides is 1. The van der Waals surface area contributed by atoms with Crippen LogP contribution >= 0.6 is 0 Å². The Morgan fingerprint density at radius 3 is 2.59 bits per heavy atom. The van der Waals surface area contributed by atoms with E-state index in [2.05, 4.69) is 30.8 Å². The van der Waals surface area contributed by atoms with E-state index >= 15 is 0 Å². The molecule has 37 heavy (non-hydrogen) atoms. The maximum atomic E-state index is 13.1. The average Bonchev–Trinajstić information content (AvgIpc) is 3.28. The second-order valence-corrected chi connectivity index (χ2v) is 10.5. The fourth-order valence-corrected chi connectivity index (χ4v) is 5.64. The molecular formula is C23H32FN7O5S. The summed E-state index contributed by atoms with van der Waals surface area (Å²) in [5.41, 5.74) is 2.09. The molecule has 12 nitrogen and oxygen atoms in total. The average molecular weight is 538 g/mol. The molecule has 0 spiro atoms. The third-order valence-corrected chi connectivity index (χ3v) is 7.40. The molecule has 14 heteroatoms. The van der Waals surface area contributed by atoms with Crippen molar-refractivity contribution >= 4 is 27.9 Å². The zero-order chi connectivity index (χ0) is 27.2. The number of aromatic nitrogens is 2. The Hall–Kier alpha value is -3.52. The van der Waals surface area contributed by atoms with E-state index in [0.717, 1.165) is 5.56 Å². The van der Waals surface area contributed by atoms with Crippen LogP contribution in [0.25, 0.3) is 0 Å². The van der Waals surface area contributed by atoms with Gasteiger partial charge in [0.05, 0.1) is 29.7 Å². The van der Waals surface area contributed by atoms with Crippen LogP contribution in [0, 0.1) is 20.8 Å². The fraction of sp³-hybridized carbons (Fsp3) is 0.478. The lowest BCUT2D eigenvalue weighted by atomic mass is 10.1. The number of halogens is 1. The van der Waals surface area contributed by atoms with E-state index in [1.54, 1.807) is 30.7 Å². The zero-order valence-electron chi connectivity index (χ0n) is 20.9. The first-order chi connectivity index (χ1) is 17.5. The first-order valence-electron chi connectivity index (χ1n) is 11.8. The van der Waals surface area contributed by atoms with Crippen molar-refractivity contribution in [3.05, 3.63) is 46.8 Å². The van der Waals surface area contributed by atoms with E-state index in [1.807, 2.05) is 6.92 Å². The SMILES string of the molecule is Cc1cc(C)c(S(=O)(=O)N[C@@H](CNC(=O)c2cnn(CCCNC3=NCC(F)CN3)c2)C(=O)O)c(C)c1. The topological polar surface area (TPSA) is 167 Å². The molecule has 5 N–H and O–H groups in total. The van der Waals surface area contributed by atoms with Crippen molar-refractivity contribution in [1.29, 1.82) is 0 Å². The maximum Gasteiger partial charge on any atom is 0.323 e. The van der Waals surface area contributed by atoms with Crippen molar-refractivity contribution in [3.63, 3.8) is 0 Å². The molecule has 0 saturated heterocycles. The van der Waals surface area contributed by atoms with E-state index in [9.17, 15) is 27.5 Å². The number of carbonyl (C=O) groups excluding carboxylic acids is 1. The molecule has 0 aliphatic carbocycles. The number of sulfonamides is 1. The summed E-state index contributed by atoms with van der Waals surface area (Å²) >= 11 is 0. The molecule has 0 saturated carbocycles. The molecule has 2 aromatic rings. The van der Waals surface area contributed by atoms with Crippen molar-refractivity contribution < 1.29 is 27.5 Å². The summed E-state index contributed by atoms with van der Waals surface area (Å²) in [6, 6.07) is 1.84. The minimum Gasteiger partial charge on any atom is -0.480 e. The van der Waals surface area contributed by atoms with Crippen LogP contribution in [0.15, 0.2) is 34.4 Å². The third-order valence-electron chi connectivity index (χ3n) is 5.63. The van der Waals surface area contributed by atoms with Gasteiger partial charge in [0.2, 0.25) is 10.0 Å². The number of guanidine groups is 1. The number of hydrogen-bond acceptors (Lipinski definition) is 8. The van der Waals surface area contributed by atoms with Crippen molar-refractivity contribution in [2.75, 3.05) is 26.2 Å². The number of carboxylic acids is 1. The van der Waals surface area contributed by atoms with E-state index in [1.165, 1.54) is 12.4 Å². The molecule has 1 amide bonds. The summed E-state index contributed by atoms with van der Waals surface area (Å²) in [6.07, 6.45) is 2.53. The van der Waals surface area contributed by atoms with Gasteiger partial charge in [-0.05, 0) is 38.3 Å². The summed E-state index contributed by atoms with van der Waals surface area (Å²) in [5.74, 6) is -1.46. The quantitative estimate of drug-likeness (QED) is 0.254. The highest BCUT2D eigenvalue weighted by Crippen LogP contribution is 2.21. The number of hydrogen-bond donors (Lipinski definition) is 5. The van der Waals surface area contributed by atoms with Gasteiger partial charge in [-0.25, -0.2) is 12.8 Å². The first-order valence-corrected chi connectivity index (χ1v) is 13.2. The third kappa shape index (κ3) is 7.73. The number of nitrogens with one attached hydrogen (secondary N) is 4. The van der Waals surface area contributed by atoms with Crippen LogP contribution in [0.5, 0.6) is 0 Å². The zero-order valence-corrected chi connectivity index (χ0v) is 21.7. The van der Waals surface area contributed by atoms with E-state index in [-0.39, 0.29) is 23.5 Å². The lowest BCUT2D eigenvalue weighted by molar-refractivity contribution is -0.138. The highest BCUT2D eigenvalue weighted by Gasteiger charge is 2.28. The summed E-state index contributed by atoms with van der Waals surface area (Å²) in [5, 5.41) is 22.0. The first kappa shape index (κ1) is 28.1. The van der Waals surface area contributed by atoms with Crippen molar-refractivity contribution in [2.45, 2.75) is 50.8 Å². The molecule has 1 aromatic carbocycles. The standard InChI is InChI=1S/C23H32FN7O5S/c1-14-7-15(2)20(16(3)8-14)37(35,36)30-19(22(33)34)12-26-21(32)17-9-29-31(13-17)6-4-5-25-23-27-10-18(24)11-28-23/h7-9,13,18-19,30H,4-6,10-12H2,1-3H3,(H,26,32)(H,33,34)(H2,25,27,28)/t19-/m0/s1. The van der Waals surface area contributed by atoms with Crippen molar-refractivity contribution in [2.24, 2.45) is 4.99 Å². The molecule has 0 fully saturated rings. The summed E-state index contributed by atoms with van der Waals surface area (Å²) < 4.78 is 42.6. The number of nitrogens with zero attached hydrogens (tertiary/aromatic N) is 3. The number of alkyl halides is 1. The second kappa shape index (κ2) is 12.1. The minimum absolute atomic E-state index is 0.0180. The smallest absolute Gasteiger partial charge is 0.323 e. The van der Waals surface area contributed by atoms with Crippen LogP contribution in [-0.2, 0) is 21.4 Å². The van der Waals surface area contributed by atoms with Gasteiger partial charge in [0.25, 0.3) is 5.91 Å². The maximum absolute atomic E-state index is 13.1. The largest absolute Gasteiger partial charge is 0.480 e. The highest BCUT2D eigenvalue weighted by molar-refractivity contribution is 7.89. The molecule has 1 aliphatic rings. The Morgan fingerprint density at radius 1 is 1.27 bits per heavy atom. The fourth-order valence-electron chi connectivity index (χ4n) is 4.00. The van der Waals surface area contributed by atoms with Gasteiger partial charge in [0.1, 0.15) is 12.2 Å². The van der Waals surface area contributed by atoms with Crippen molar-refractivity contribution in [1.82, 2.24) is 30.5 Å². The van der Waals surface area contributed by atoms with Crippen LogP contribution in [0.4, 0.5) is 4.39 Å². The molecule has 0 radical (unpaired) electrons. The molecule has 202 valence electrons. The van der Waals surface area contributed by atoms with Gasteiger partial charge in [-0.3, -0.25) is 19.3 Å². The van der Waals surface area contributed by atoms with E-state index in [0.29, 0.717) is 36.6 Å². The van der Waals surface area contributed by atoms with Gasteiger partial charge in [0.15, 0.2) is 5.96 Å². The Bertz CT molecular complexity index is 1260. The number of carboxylic acid groups (broad SMARTS) is 1. The number of rotatable bonds is 11. The Morgan fingerprint density at radius 2 is 1.97 bits per heavy atom. The van der Waals surface area contributed by atoms with E-state index in [4.69, 9.17) is 0 Å². The lowest BCUT2D eigenvalue weighted by Crippen LogP contribution is -2.48. The summed E-state index contributed by atoms with van der Waals surface area (Å²) in [4.78, 5) is 28.3. The lowest BCUT2D eigenvalue weighted by Gasteiger charge is -2.18. The van der Waals surface area contributed by atoms with E-state index < -0.39 is 40.7 Å². The Kier molecular flexibility index (Phi) is 9.21. The van der Waals surface area contributed by atoms with Crippen molar-refractivity contribution in [3.8, 4) is 0 Å². The second-order valence-electron chi connectivity index (χ2n) is 8.89. The van der Waals surface area contributed by atoms with Gasteiger partial charge in [0, 0.05) is 25.8 Å². The molecule has 0 bridgehead atoms. The van der Waals surface area contributed by atoms with Crippen LogP contribution < -0.4 is 20.7 Å². The van der Waals surface area contributed by atoms with Crippen LogP contribution in [-0.4, -0.2) is 79.5 Å². The number of carbonyl (C=O) groups is 2. The van der Waals surface area contributed by atoms with Crippen LogP contribution in [0.1, 0.15) is 33.5 Å². The molecule has 2 atom stereocenters. The number of aryl methyl sites for hydroxylation is 4.